The van der Waals surface area contributed by atoms with Gasteiger partial charge in [0.05, 0.1) is 10.6 Å². The Kier molecular flexibility index (Phi) is 5.06. The molecule has 2 amide bonds. The molecule has 0 aliphatic carbocycles. The molecule has 0 spiro atoms. The number of carbonyl (C=O) groups excluding carboxylic acids is 1. The van der Waals surface area contributed by atoms with Crippen LogP contribution in [-0.4, -0.2) is 45.5 Å². The van der Waals surface area contributed by atoms with Crippen LogP contribution in [0.5, 0.6) is 0 Å². The Morgan fingerprint density at radius 1 is 1.00 bits per heavy atom. The van der Waals surface area contributed by atoms with E-state index < -0.39 is 16.1 Å². The summed E-state index contributed by atoms with van der Waals surface area (Å²) in [5.74, 6) is 0. The average molecular weight is 359 g/mol. The van der Waals surface area contributed by atoms with Crippen molar-refractivity contribution in [2.45, 2.75) is 11.8 Å². The molecule has 0 aromatic heterocycles. The minimum absolute atomic E-state index is 0.102. The Morgan fingerprint density at radius 3 is 2.20 bits per heavy atom. The van der Waals surface area contributed by atoms with Gasteiger partial charge in [0.2, 0.25) is 0 Å². The molecule has 0 atom stereocenters. The van der Waals surface area contributed by atoms with Gasteiger partial charge in [-0.15, -0.1) is 0 Å². The molecule has 0 radical (unpaired) electrons. The van der Waals surface area contributed by atoms with Crippen LogP contribution in [0.25, 0.3) is 0 Å². The number of para-hydroxylation sites is 1. The number of hydrogen-bond donors (Lipinski definition) is 1. The second-order valence-corrected chi connectivity index (χ2v) is 7.72. The number of piperazine rings is 1. The lowest BCUT2D eigenvalue weighted by Crippen LogP contribution is -2.53. The smallest absolute Gasteiger partial charge is 0.321 e. The molecule has 0 saturated carbocycles. The molecule has 0 bridgehead atoms. The fraction of sp³-hybridized carbons (Fsp3) is 0.278. The number of sulfonamides is 1. The van der Waals surface area contributed by atoms with E-state index in [2.05, 4.69) is 5.32 Å². The number of aryl methyl sites for hydroxylation is 1. The Balaban J connectivity index is 2.04. The summed E-state index contributed by atoms with van der Waals surface area (Å²) in [6.07, 6.45) is 0. The second-order valence-electron chi connectivity index (χ2n) is 5.94. The fourth-order valence-corrected chi connectivity index (χ4v) is 4.13. The van der Waals surface area contributed by atoms with Gasteiger partial charge in [0.25, 0.3) is 10.0 Å². The normalized spacial score (nSPS) is 15.0. The molecule has 1 aliphatic heterocycles. The van der Waals surface area contributed by atoms with E-state index in [1.807, 2.05) is 6.92 Å². The van der Waals surface area contributed by atoms with E-state index >= 15 is 0 Å². The molecule has 1 aliphatic rings. The molecule has 0 unspecified atom stereocenters. The number of anilines is 1. The average Bonchev–Trinajstić information content (AvgIpc) is 2.63. The molecule has 2 aromatic carbocycles. The third kappa shape index (κ3) is 3.67. The van der Waals surface area contributed by atoms with E-state index in [1.54, 1.807) is 47.4 Å². The molecule has 7 heteroatoms. The van der Waals surface area contributed by atoms with Gasteiger partial charge in [-0.3, -0.25) is 0 Å². The number of rotatable bonds is 3. The van der Waals surface area contributed by atoms with Crippen LogP contribution in [-0.2, 0) is 10.0 Å². The van der Waals surface area contributed by atoms with Gasteiger partial charge in [-0.05, 0) is 31.2 Å². The van der Waals surface area contributed by atoms with Gasteiger partial charge < -0.3 is 10.2 Å². The van der Waals surface area contributed by atoms with Gasteiger partial charge in [0, 0.05) is 26.2 Å². The topological polar surface area (TPSA) is 69.7 Å². The largest absolute Gasteiger partial charge is 0.338 e. The molecular weight excluding hydrogens is 338 g/mol. The van der Waals surface area contributed by atoms with E-state index in [-0.39, 0.29) is 4.90 Å². The summed E-state index contributed by atoms with van der Waals surface area (Å²) in [4.78, 5) is 14.7. The number of benzene rings is 2. The highest BCUT2D eigenvalue weighted by Crippen LogP contribution is 2.25. The van der Waals surface area contributed by atoms with E-state index in [4.69, 9.17) is 0 Å². The van der Waals surface area contributed by atoms with Gasteiger partial charge in [-0.25, -0.2) is 13.2 Å². The quantitative estimate of drug-likeness (QED) is 0.912. The van der Waals surface area contributed by atoms with Crippen LogP contribution in [0.2, 0.25) is 0 Å². The molecule has 1 heterocycles. The lowest BCUT2D eigenvalue weighted by molar-refractivity contribution is 0.200. The molecule has 132 valence electrons. The van der Waals surface area contributed by atoms with E-state index in [9.17, 15) is 13.2 Å². The number of amides is 2. The summed E-state index contributed by atoms with van der Waals surface area (Å²) in [6, 6.07) is 14.5. The van der Waals surface area contributed by atoms with Gasteiger partial charge in [-0.1, -0.05) is 35.9 Å². The summed E-state index contributed by atoms with van der Waals surface area (Å²) in [6.45, 7) is 4.15. The number of nitrogens with zero attached hydrogens (tertiary/aromatic N) is 2. The Morgan fingerprint density at radius 2 is 1.60 bits per heavy atom. The number of urea groups is 1. The maximum absolute atomic E-state index is 13.2. The first-order valence-electron chi connectivity index (χ1n) is 8.17. The highest BCUT2D eigenvalue weighted by molar-refractivity contribution is 7.93. The van der Waals surface area contributed by atoms with Crippen LogP contribution in [0.3, 0.4) is 0 Å². The molecule has 1 N–H and O–H groups in total. The van der Waals surface area contributed by atoms with Crippen molar-refractivity contribution >= 4 is 21.7 Å². The number of hydrogen-bond acceptors (Lipinski definition) is 4. The summed E-state index contributed by atoms with van der Waals surface area (Å²) in [5, 5.41) is 3.16. The van der Waals surface area contributed by atoms with E-state index in [1.165, 1.54) is 12.1 Å². The lowest BCUT2D eigenvalue weighted by Gasteiger charge is -2.32. The zero-order chi connectivity index (χ0) is 17.9. The van der Waals surface area contributed by atoms with Gasteiger partial charge in [-0.2, -0.15) is 4.31 Å². The Bertz CT molecular complexity index is 830. The van der Waals surface area contributed by atoms with E-state index in [0.717, 1.165) is 9.87 Å². The summed E-state index contributed by atoms with van der Waals surface area (Å²) < 4.78 is 27.3. The van der Waals surface area contributed by atoms with Crippen molar-refractivity contribution in [1.82, 2.24) is 10.2 Å². The molecule has 1 saturated heterocycles. The minimum atomic E-state index is -4.00. The molecule has 25 heavy (non-hydrogen) atoms. The predicted octanol–water partition coefficient (Wildman–Crippen LogP) is 2.22. The number of carbonyl (C=O) groups is 1. The standard InChI is InChI=1S/C18H21N3O3S/c1-15-7-9-17(10-8-15)25(23,24)21(16-5-3-2-4-6-16)18(22)20-13-11-19-12-14-20/h2-10,19H,11-14H2,1H3. The second kappa shape index (κ2) is 7.25. The maximum Gasteiger partial charge on any atom is 0.338 e. The Labute approximate surface area is 148 Å². The van der Waals surface area contributed by atoms with Crippen LogP contribution in [0, 0.1) is 6.92 Å². The summed E-state index contributed by atoms with van der Waals surface area (Å²) in [7, 11) is -4.00. The van der Waals surface area contributed by atoms with Crippen molar-refractivity contribution in [2.75, 3.05) is 30.5 Å². The number of nitrogens with one attached hydrogen (secondary N) is 1. The monoisotopic (exact) mass is 359 g/mol. The van der Waals surface area contributed by atoms with Crippen LogP contribution < -0.4 is 9.62 Å². The van der Waals surface area contributed by atoms with Crippen molar-refractivity contribution < 1.29 is 13.2 Å². The van der Waals surface area contributed by atoms with Crippen LogP contribution in [0.15, 0.2) is 59.5 Å². The SMILES string of the molecule is Cc1ccc(S(=O)(=O)N(C(=O)N2CCNCC2)c2ccccc2)cc1. The molecule has 3 rings (SSSR count). The van der Waals surface area contributed by atoms with Gasteiger partial charge in [0.1, 0.15) is 0 Å². The van der Waals surface area contributed by atoms with Crippen molar-refractivity contribution in [2.24, 2.45) is 0 Å². The van der Waals surface area contributed by atoms with Crippen LogP contribution >= 0.6 is 0 Å². The first-order chi connectivity index (χ1) is 12.0. The molecule has 2 aromatic rings. The third-order valence-electron chi connectivity index (χ3n) is 4.11. The molecular formula is C18H21N3O3S. The highest BCUT2D eigenvalue weighted by Gasteiger charge is 2.34. The highest BCUT2D eigenvalue weighted by atomic mass is 32.2. The van der Waals surface area contributed by atoms with Crippen LogP contribution in [0.1, 0.15) is 5.56 Å². The van der Waals surface area contributed by atoms with Crippen molar-refractivity contribution in [3.05, 3.63) is 60.2 Å². The molecule has 6 nitrogen and oxygen atoms in total. The predicted molar refractivity (Wildman–Crippen MR) is 97.1 cm³/mol. The van der Waals surface area contributed by atoms with Crippen LogP contribution in [0.4, 0.5) is 10.5 Å². The van der Waals surface area contributed by atoms with Crippen molar-refractivity contribution in [3.63, 3.8) is 0 Å². The Hall–Kier alpha value is -2.38. The van der Waals surface area contributed by atoms with Crippen molar-refractivity contribution in [3.8, 4) is 0 Å². The van der Waals surface area contributed by atoms with Gasteiger partial charge >= 0.3 is 6.03 Å². The zero-order valence-electron chi connectivity index (χ0n) is 14.1. The first-order valence-corrected chi connectivity index (χ1v) is 9.61. The van der Waals surface area contributed by atoms with E-state index in [0.29, 0.717) is 31.9 Å². The van der Waals surface area contributed by atoms with Crippen molar-refractivity contribution in [1.29, 1.82) is 0 Å². The first kappa shape index (κ1) is 17.4. The molecule has 1 fully saturated rings. The summed E-state index contributed by atoms with van der Waals surface area (Å²) in [5.41, 5.74) is 1.30. The lowest BCUT2D eigenvalue weighted by atomic mass is 10.2. The summed E-state index contributed by atoms with van der Waals surface area (Å²) >= 11 is 0. The minimum Gasteiger partial charge on any atom is -0.321 e. The maximum atomic E-state index is 13.2. The third-order valence-corrected chi connectivity index (χ3v) is 5.83. The zero-order valence-corrected chi connectivity index (χ0v) is 14.9. The fourth-order valence-electron chi connectivity index (χ4n) is 2.72. The van der Waals surface area contributed by atoms with Gasteiger partial charge in [0.15, 0.2) is 0 Å².